The van der Waals surface area contributed by atoms with E-state index in [9.17, 15) is 4.79 Å². The van der Waals surface area contributed by atoms with Crippen molar-refractivity contribution < 1.29 is 14.3 Å². The number of methoxy groups -OCH3 is 1. The Morgan fingerprint density at radius 3 is 2.93 bits per heavy atom. The van der Waals surface area contributed by atoms with Gasteiger partial charge in [-0.25, -0.2) is 0 Å². The molecule has 2 heterocycles. The number of carbonyl (C=O) groups is 1. The van der Waals surface area contributed by atoms with E-state index in [1.165, 1.54) is 0 Å². The summed E-state index contributed by atoms with van der Waals surface area (Å²) < 4.78 is 11.9. The summed E-state index contributed by atoms with van der Waals surface area (Å²) in [6.45, 7) is 2.12. The van der Waals surface area contributed by atoms with Crippen molar-refractivity contribution in [1.29, 1.82) is 0 Å². The van der Waals surface area contributed by atoms with Crippen LogP contribution in [0.4, 0.5) is 0 Å². The fourth-order valence-electron chi connectivity index (χ4n) is 3.71. The second-order valence-electron chi connectivity index (χ2n) is 7.33. The van der Waals surface area contributed by atoms with Gasteiger partial charge in [0.15, 0.2) is 0 Å². The number of amides is 1. The number of rotatable bonds is 7. The molecule has 7 heteroatoms. The number of hydrogen-bond donors (Lipinski definition) is 2. The Kier molecular flexibility index (Phi) is 6.29. The lowest BCUT2D eigenvalue weighted by Crippen LogP contribution is -2.39. The fraction of sp³-hybridized carbons (Fsp3) is 0.304. The van der Waals surface area contributed by atoms with Gasteiger partial charge < -0.3 is 14.8 Å². The van der Waals surface area contributed by atoms with Crippen LogP contribution >= 0.6 is 0 Å². The monoisotopic (exact) mass is 406 g/mol. The van der Waals surface area contributed by atoms with Gasteiger partial charge in [-0.05, 0) is 24.1 Å². The smallest absolute Gasteiger partial charge is 0.234 e. The van der Waals surface area contributed by atoms with Crippen molar-refractivity contribution in [2.45, 2.75) is 19.1 Å². The Labute approximate surface area is 176 Å². The summed E-state index contributed by atoms with van der Waals surface area (Å²) in [5.74, 6) is 1.62. The lowest BCUT2D eigenvalue weighted by atomic mass is 10.1. The predicted molar refractivity (Wildman–Crippen MR) is 113 cm³/mol. The van der Waals surface area contributed by atoms with E-state index >= 15 is 0 Å². The number of benzene rings is 2. The molecule has 7 nitrogen and oxygen atoms in total. The van der Waals surface area contributed by atoms with Crippen LogP contribution in [0.2, 0.25) is 0 Å². The predicted octanol–water partition coefficient (Wildman–Crippen LogP) is 2.71. The molecule has 3 aromatic rings. The number of nitrogens with one attached hydrogen (secondary N) is 2. The van der Waals surface area contributed by atoms with Gasteiger partial charge in [0.2, 0.25) is 5.91 Å². The number of para-hydroxylation sites is 2. The normalized spacial score (nSPS) is 16.2. The van der Waals surface area contributed by atoms with E-state index in [0.29, 0.717) is 26.2 Å². The molecular formula is C23H26N4O3. The van der Waals surface area contributed by atoms with Crippen molar-refractivity contribution in [2.24, 2.45) is 0 Å². The number of fused-ring (bicyclic) bond motifs is 1. The largest absolute Gasteiger partial charge is 0.496 e. The van der Waals surface area contributed by atoms with E-state index in [1.807, 2.05) is 54.7 Å². The number of H-pyrrole nitrogens is 1. The van der Waals surface area contributed by atoms with Crippen LogP contribution in [0, 0.1) is 0 Å². The van der Waals surface area contributed by atoms with Crippen LogP contribution in [-0.4, -0.2) is 47.7 Å². The Hall–Kier alpha value is -3.32. The van der Waals surface area contributed by atoms with Gasteiger partial charge in [-0.15, -0.1) is 0 Å². The highest BCUT2D eigenvalue weighted by Gasteiger charge is 2.27. The number of nitrogens with zero attached hydrogens (tertiary/aromatic N) is 2. The van der Waals surface area contributed by atoms with E-state index in [-0.39, 0.29) is 12.0 Å². The quantitative estimate of drug-likeness (QED) is 0.631. The topological polar surface area (TPSA) is 79.5 Å². The van der Waals surface area contributed by atoms with Crippen LogP contribution < -0.4 is 14.8 Å². The highest BCUT2D eigenvalue weighted by Crippen LogP contribution is 2.34. The van der Waals surface area contributed by atoms with Crippen molar-refractivity contribution in [2.75, 3.05) is 26.7 Å². The van der Waals surface area contributed by atoms with E-state index < -0.39 is 0 Å². The third-order valence-corrected chi connectivity index (χ3v) is 5.20. The Bertz CT molecular complexity index is 974. The molecule has 0 aliphatic carbocycles. The summed E-state index contributed by atoms with van der Waals surface area (Å²) in [7, 11) is 1.66. The van der Waals surface area contributed by atoms with Gasteiger partial charge in [0, 0.05) is 37.0 Å². The zero-order chi connectivity index (χ0) is 20.8. The van der Waals surface area contributed by atoms with Gasteiger partial charge in [-0.2, -0.15) is 5.10 Å². The summed E-state index contributed by atoms with van der Waals surface area (Å²) in [6.07, 6.45) is 4.13. The van der Waals surface area contributed by atoms with Crippen LogP contribution in [0.1, 0.15) is 22.8 Å². The molecule has 0 fully saturated rings. The number of aromatic amines is 1. The molecule has 1 aliphatic heterocycles. The lowest BCUT2D eigenvalue weighted by Gasteiger charge is -2.24. The van der Waals surface area contributed by atoms with E-state index in [0.717, 1.165) is 34.6 Å². The number of carbonyl (C=O) groups excluding carboxylic acids is 1. The standard InChI is InChI=1S/C23H26N4O3/c1-29-21-9-5-3-7-19(21)22-15-27(14-18-6-2-4-8-20(18)30-22)16-23(28)24-11-10-17-12-25-26-13-17/h2-9,12-13,22H,10-11,14-16H2,1H3,(H,24,28)(H,25,26). The first-order chi connectivity index (χ1) is 14.7. The molecule has 2 aromatic carbocycles. The van der Waals surface area contributed by atoms with Crippen molar-refractivity contribution >= 4 is 5.91 Å². The molecule has 0 saturated carbocycles. The minimum Gasteiger partial charge on any atom is -0.496 e. The first kappa shape index (κ1) is 20.0. The van der Waals surface area contributed by atoms with Gasteiger partial charge in [-0.1, -0.05) is 36.4 Å². The molecular weight excluding hydrogens is 380 g/mol. The minimum absolute atomic E-state index is 0.00310. The maximum absolute atomic E-state index is 12.6. The molecule has 156 valence electrons. The molecule has 0 radical (unpaired) electrons. The molecule has 0 bridgehead atoms. The van der Waals surface area contributed by atoms with Crippen LogP contribution in [0.3, 0.4) is 0 Å². The molecule has 4 rings (SSSR count). The summed E-state index contributed by atoms with van der Waals surface area (Å²) >= 11 is 0. The molecule has 30 heavy (non-hydrogen) atoms. The summed E-state index contributed by atoms with van der Waals surface area (Å²) in [5, 5.41) is 9.71. The summed E-state index contributed by atoms with van der Waals surface area (Å²) in [5.41, 5.74) is 3.12. The van der Waals surface area contributed by atoms with Gasteiger partial charge in [0.1, 0.15) is 17.6 Å². The lowest BCUT2D eigenvalue weighted by molar-refractivity contribution is -0.122. The molecule has 1 aliphatic rings. The van der Waals surface area contributed by atoms with Crippen LogP contribution in [0.15, 0.2) is 60.9 Å². The number of aromatic nitrogens is 2. The molecule has 1 unspecified atom stereocenters. The summed E-state index contributed by atoms with van der Waals surface area (Å²) in [4.78, 5) is 14.7. The number of ether oxygens (including phenoxy) is 2. The third kappa shape index (κ3) is 4.80. The van der Waals surface area contributed by atoms with Crippen molar-refractivity contribution in [1.82, 2.24) is 20.4 Å². The van der Waals surface area contributed by atoms with Gasteiger partial charge in [0.05, 0.1) is 19.9 Å². The Balaban J connectivity index is 1.47. The Morgan fingerprint density at radius 2 is 2.10 bits per heavy atom. The third-order valence-electron chi connectivity index (χ3n) is 5.20. The van der Waals surface area contributed by atoms with E-state index in [2.05, 4.69) is 20.4 Å². The molecule has 1 aromatic heterocycles. The average Bonchev–Trinajstić information content (AvgIpc) is 3.21. The zero-order valence-electron chi connectivity index (χ0n) is 17.0. The van der Waals surface area contributed by atoms with E-state index in [4.69, 9.17) is 9.47 Å². The van der Waals surface area contributed by atoms with Crippen LogP contribution in [0.25, 0.3) is 0 Å². The van der Waals surface area contributed by atoms with Gasteiger partial charge in [-0.3, -0.25) is 14.8 Å². The van der Waals surface area contributed by atoms with Gasteiger partial charge >= 0.3 is 0 Å². The Morgan fingerprint density at radius 1 is 1.27 bits per heavy atom. The highest BCUT2D eigenvalue weighted by atomic mass is 16.5. The van der Waals surface area contributed by atoms with Crippen LogP contribution in [-0.2, 0) is 17.8 Å². The maximum atomic E-state index is 12.6. The second kappa shape index (κ2) is 9.45. The minimum atomic E-state index is -0.233. The van der Waals surface area contributed by atoms with E-state index in [1.54, 1.807) is 13.3 Å². The first-order valence-corrected chi connectivity index (χ1v) is 10.1. The molecule has 2 N–H and O–H groups in total. The van der Waals surface area contributed by atoms with Crippen LogP contribution in [0.5, 0.6) is 11.5 Å². The van der Waals surface area contributed by atoms with Gasteiger partial charge in [0.25, 0.3) is 0 Å². The van der Waals surface area contributed by atoms with Crippen molar-refractivity contribution in [3.63, 3.8) is 0 Å². The molecule has 1 amide bonds. The SMILES string of the molecule is COc1ccccc1C1CN(CC(=O)NCCc2cn[nH]c2)Cc2ccccc2O1. The number of hydrogen-bond acceptors (Lipinski definition) is 5. The second-order valence-corrected chi connectivity index (χ2v) is 7.33. The molecule has 0 saturated heterocycles. The molecule has 0 spiro atoms. The highest BCUT2D eigenvalue weighted by molar-refractivity contribution is 5.78. The van der Waals surface area contributed by atoms with Crippen molar-refractivity contribution in [3.8, 4) is 11.5 Å². The first-order valence-electron chi connectivity index (χ1n) is 10.1. The zero-order valence-corrected chi connectivity index (χ0v) is 17.0. The summed E-state index contributed by atoms with van der Waals surface area (Å²) in [6, 6.07) is 15.9. The van der Waals surface area contributed by atoms with Crippen molar-refractivity contribution in [3.05, 3.63) is 77.6 Å². The maximum Gasteiger partial charge on any atom is 0.234 e. The fourth-order valence-corrected chi connectivity index (χ4v) is 3.71. The average molecular weight is 406 g/mol. The molecule has 1 atom stereocenters.